The first-order valence-electron chi connectivity index (χ1n) is 6.41. The maximum atomic E-state index is 11.1. The summed E-state index contributed by atoms with van der Waals surface area (Å²) in [5.74, 6) is -0.0377. The van der Waals surface area contributed by atoms with E-state index in [1.165, 1.54) is 11.3 Å². The van der Waals surface area contributed by atoms with Crippen molar-refractivity contribution >= 4 is 17.3 Å². The van der Waals surface area contributed by atoms with Crippen LogP contribution in [0.5, 0.6) is 0 Å². The smallest absolute Gasteiger partial charge is 0.346 e. The van der Waals surface area contributed by atoms with Gasteiger partial charge in [0.05, 0.1) is 12.9 Å². The van der Waals surface area contributed by atoms with Crippen LogP contribution in [0.25, 0.3) is 0 Å². The van der Waals surface area contributed by atoms with Crippen molar-refractivity contribution < 1.29 is 19.1 Å². The number of rotatable bonds is 4. The number of hydrogen-bond acceptors (Lipinski definition) is 5. The van der Waals surface area contributed by atoms with Crippen molar-refractivity contribution in [2.24, 2.45) is 0 Å². The Morgan fingerprint density at radius 2 is 2.40 bits per heavy atom. The third kappa shape index (κ3) is 2.77. The number of carboxylic acids is 1. The standard InChI is InChI=1S/C14H15NO4S/c16-14(17)13-10(3-7-20-13)8-15-4-6-19-12(9-15)11-2-1-5-18-11/h1-3,5,7,12H,4,6,8-9H2,(H,16,17). The largest absolute Gasteiger partial charge is 0.477 e. The van der Waals surface area contributed by atoms with Gasteiger partial charge in [0.1, 0.15) is 16.7 Å². The minimum atomic E-state index is -0.856. The van der Waals surface area contributed by atoms with E-state index in [1.807, 2.05) is 23.6 Å². The summed E-state index contributed by atoms with van der Waals surface area (Å²) >= 11 is 1.27. The number of hydrogen-bond donors (Lipinski definition) is 1. The SMILES string of the molecule is O=C(O)c1sccc1CN1CCOC(c2ccco2)C1. The maximum Gasteiger partial charge on any atom is 0.346 e. The Hall–Kier alpha value is -1.63. The molecule has 1 N–H and O–H groups in total. The lowest BCUT2D eigenvalue weighted by Gasteiger charge is -2.31. The van der Waals surface area contributed by atoms with Crippen LogP contribution in [-0.4, -0.2) is 35.7 Å². The van der Waals surface area contributed by atoms with Crippen LogP contribution in [0.2, 0.25) is 0 Å². The minimum Gasteiger partial charge on any atom is -0.477 e. The minimum absolute atomic E-state index is 0.0781. The first-order valence-corrected chi connectivity index (χ1v) is 7.29. The summed E-state index contributed by atoms with van der Waals surface area (Å²) in [6.07, 6.45) is 1.56. The molecule has 0 aromatic carbocycles. The predicted molar refractivity (Wildman–Crippen MR) is 74.0 cm³/mol. The zero-order valence-corrected chi connectivity index (χ0v) is 11.6. The highest BCUT2D eigenvalue weighted by molar-refractivity contribution is 7.12. The average molecular weight is 293 g/mol. The number of morpholine rings is 1. The monoisotopic (exact) mass is 293 g/mol. The predicted octanol–water partition coefficient (Wildman–Crippen LogP) is 2.61. The van der Waals surface area contributed by atoms with Gasteiger partial charge in [-0.2, -0.15) is 0 Å². The Bertz CT molecular complexity index is 578. The summed E-state index contributed by atoms with van der Waals surface area (Å²) in [6, 6.07) is 5.63. The molecular weight excluding hydrogens is 278 g/mol. The first kappa shape index (κ1) is 13.4. The number of aromatic carboxylic acids is 1. The van der Waals surface area contributed by atoms with Gasteiger partial charge in [0.25, 0.3) is 0 Å². The Labute approximate surface area is 120 Å². The van der Waals surface area contributed by atoms with Crippen LogP contribution in [0.15, 0.2) is 34.3 Å². The average Bonchev–Trinajstić information content (AvgIpc) is 3.10. The molecule has 1 aliphatic rings. The van der Waals surface area contributed by atoms with Gasteiger partial charge in [0, 0.05) is 19.6 Å². The van der Waals surface area contributed by atoms with Gasteiger partial charge < -0.3 is 14.3 Å². The van der Waals surface area contributed by atoms with Crippen LogP contribution in [0.3, 0.4) is 0 Å². The van der Waals surface area contributed by atoms with Crippen LogP contribution >= 0.6 is 11.3 Å². The molecule has 3 heterocycles. The lowest BCUT2D eigenvalue weighted by molar-refractivity contribution is -0.0428. The highest BCUT2D eigenvalue weighted by Gasteiger charge is 2.25. The van der Waals surface area contributed by atoms with Gasteiger partial charge in [0.2, 0.25) is 0 Å². The molecule has 3 rings (SSSR count). The molecule has 6 heteroatoms. The molecule has 0 radical (unpaired) electrons. The van der Waals surface area contributed by atoms with E-state index in [0.717, 1.165) is 17.9 Å². The molecule has 1 saturated heterocycles. The molecule has 1 atom stereocenters. The van der Waals surface area contributed by atoms with E-state index < -0.39 is 5.97 Å². The van der Waals surface area contributed by atoms with Crippen molar-refractivity contribution in [2.45, 2.75) is 12.6 Å². The van der Waals surface area contributed by atoms with Gasteiger partial charge in [0.15, 0.2) is 0 Å². The van der Waals surface area contributed by atoms with Crippen molar-refractivity contribution in [3.05, 3.63) is 46.0 Å². The van der Waals surface area contributed by atoms with Crippen LogP contribution < -0.4 is 0 Å². The second kappa shape index (κ2) is 5.78. The summed E-state index contributed by atoms with van der Waals surface area (Å²) in [5, 5.41) is 11.0. The molecule has 1 fully saturated rings. The van der Waals surface area contributed by atoms with Crippen LogP contribution in [0.1, 0.15) is 27.1 Å². The van der Waals surface area contributed by atoms with Gasteiger partial charge in [-0.15, -0.1) is 11.3 Å². The molecule has 0 bridgehead atoms. The van der Waals surface area contributed by atoms with Gasteiger partial charge in [-0.3, -0.25) is 4.90 Å². The zero-order valence-electron chi connectivity index (χ0n) is 10.8. The van der Waals surface area contributed by atoms with Crippen LogP contribution in [0, 0.1) is 0 Å². The van der Waals surface area contributed by atoms with Crippen molar-refractivity contribution in [2.75, 3.05) is 19.7 Å². The van der Waals surface area contributed by atoms with E-state index in [9.17, 15) is 4.79 Å². The fourth-order valence-corrected chi connectivity index (χ4v) is 3.13. The molecular formula is C14H15NO4S. The summed E-state index contributed by atoms with van der Waals surface area (Å²) in [6.45, 7) is 2.76. The Kier molecular flexibility index (Phi) is 3.86. The molecule has 20 heavy (non-hydrogen) atoms. The molecule has 0 amide bonds. The summed E-state index contributed by atoms with van der Waals surface area (Å²) < 4.78 is 11.1. The number of ether oxygens (including phenoxy) is 1. The number of carbonyl (C=O) groups is 1. The van der Waals surface area contributed by atoms with Crippen LogP contribution in [0.4, 0.5) is 0 Å². The molecule has 1 unspecified atom stereocenters. The molecule has 0 saturated carbocycles. The highest BCUT2D eigenvalue weighted by atomic mass is 32.1. The zero-order chi connectivity index (χ0) is 13.9. The fraction of sp³-hybridized carbons (Fsp3) is 0.357. The summed E-state index contributed by atoms with van der Waals surface area (Å²) in [4.78, 5) is 13.7. The van der Waals surface area contributed by atoms with E-state index >= 15 is 0 Å². The van der Waals surface area contributed by atoms with E-state index in [4.69, 9.17) is 14.3 Å². The number of furan rings is 1. The molecule has 5 nitrogen and oxygen atoms in total. The van der Waals surface area contributed by atoms with Crippen molar-refractivity contribution in [1.82, 2.24) is 4.90 Å². The molecule has 2 aromatic heterocycles. The van der Waals surface area contributed by atoms with Crippen molar-refractivity contribution in [3.8, 4) is 0 Å². The van der Waals surface area contributed by atoms with E-state index in [1.54, 1.807) is 6.26 Å². The normalized spacial score (nSPS) is 20.1. The third-order valence-electron chi connectivity index (χ3n) is 3.35. The second-order valence-corrected chi connectivity index (χ2v) is 5.61. The molecule has 106 valence electrons. The van der Waals surface area contributed by atoms with E-state index in [2.05, 4.69) is 4.90 Å². The van der Waals surface area contributed by atoms with Crippen molar-refractivity contribution in [1.29, 1.82) is 0 Å². The molecule has 2 aromatic rings. The highest BCUT2D eigenvalue weighted by Crippen LogP contribution is 2.25. The molecule has 0 spiro atoms. The maximum absolute atomic E-state index is 11.1. The second-order valence-electron chi connectivity index (χ2n) is 4.69. The number of nitrogens with zero attached hydrogens (tertiary/aromatic N) is 1. The summed E-state index contributed by atoms with van der Waals surface area (Å²) in [5.41, 5.74) is 0.864. The third-order valence-corrected chi connectivity index (χ3v) is 4.29. The quantitative estimate of drug-likeness (QED) is 0.939. The Balaban J connectivity index is 1.68. The van der Waals surface area contributed by atoms with Gasteiger partial charge in [-0.25, -0.2) is 4.79 Å². The van der Waals surface area contributed by atoms with Crippen LogP contribution in [-0.2, 0) is 11.3 Å². The number of thiophene rings is 1. The van der Waals surface area contributed by atoms with E-state index in [-0.39, 0.29) is 6.10 Å². The lowest BCUT2D eigenvalue weighted by Crippen LogP contribution is -2.37. The van der Waals surface area contributed by atoms with Gasteiger partial charge >= 0.3 is 5.97 Å². The molecule has 0 aliphatic carbocycles. The lowest BCUT2D eigenvalue weighted by atomic mass is 10.2. The van der Waals surface area contributed by atoms with Gasteiger partial charge in [-0.05, 0) is 29.1 Å². The molecule has 1 aliphatic heterocycles. The van der Waals surface area contributed by atoms with E-state index in [0.29, 0.717) is 24.6 Å². The number of carboxylic acid groups (broad SMARTS) is 1. The Morgan fingerprint density at radius 3 is 3.15 bits per heavy atom. The Morgan fingerprint density at radius 1 is 1.50 bits per heavy atom. The summed E-state index contributed by atoms with van der Waals surface area (Å²) in [7, 11) is 0. The first-order chi connectivity index (χ1) is 9.74. The van der Waals surface area contributed by atoms with Gasteiger partial charge in [-0.1, -0.05) is 0 Å². The fourth-order valence-electron chi connectivity index (χ4n) is 2.38. The topological polar surface area (TPSA) is 62.9 Å². The van der Waals surface area contributed by atoms with Crippen molar-refractivity contribution in [3.63, 3.8) is 0 Å².